The molecule has 330 valence electrons. The highest BCUT2D eigenvalue weighted by Crippen LogP contribution is 2.32. The smallest absolute Gasteiger partial charge is 0.0701 e. The van der Waals surface area contributed by atoms with Gasteiger partial charge in [0.2, 0.25) is 0 Å². The third kappa shape index (κ3) is 18.0. The van der Waals surface area contributed by atoms with E-state index in [1.165, 1.54) is 11.1 Å². The van der Waals surface area contributed by atoms with Crippen molar-refractivity contribution in [1.82, 2.24) is 0 Å². The van der Waals surface area contributed by atoms with Crippen LogP contribution in [-0.4, -0.2) is 107 Å². The summed E-state index contributed by atoms with van der Waals surface area (Å²) in [6.45, 7) is 8.69. The Labute approximate surface area is 370 Å². The number of hydrogen-bond acceptors (Lipinski definition) is 8. The van der Waals surface area contributed by atoms with Crippen LogP contribution in [0.25, 0.3) is 21.5 Å². The average molecular weight is 843 g/mol. The molecule has 0 aliphatic rings. The second-order valence-corrected chi connectivity index (χ2v) is 15.0. The van der Waals surface area contributed by atoms with Crippen LogP contribution in [0.1, 0.15) is 71.9 Å². The van der Waals surface area contributed by atoms with Crippen LogP contribution in [0, 0.1) is 23.7 Å². The summed E-state index contributed by atoms with van der Waals surface area (Å²) in [4.78, 5) is 0. The van der Waals surface area contributed by atoms with E-state index in [4.69, 9.17) is 37.9 Å². The monoisotopic (exact) mass is 842 g/mol. The van der Waals surface area contributed by atoms with Crippen LogP contribution in [0.2, 0.25) is 0 Å². The quantitative estimate of drug-likeness (QED) is 0.0257. The first-order valence-corrected chi connectivity index (χ1v) is 22.4. The number of unbranched alkanes of at least 4 members (excludes halogenated alkanes) is 4. The van der Waals surface area contributed by atoms with Crippen molar-refractivity contribution in [3.8, 4) is 23.7 Å². The molecular weight excluding hydrogens is 777 g/mol. The van der Waals surface area contributed by atoms with Gasteiger partial charge < -0.3 is 37.9 Å². The zero-order valence-corrected chi connectivity index (χ0v) is 37.1. The number of methoxy groups -OCH3 is 2. The Morgan fingerprint density at radius 1 is 0.306 bits per heavy atom. The average Bonchev–Trinajstić information content (AvgIpc) is 3.31. The Morgan fingerprint density at radius 2 is 0.613 bits per heavy atom. The molecule has 0 amide bonds. The first kappa shape index (κ1) is 48.5. The van der Waals surface area contributed by atoms with Gasteiger partial charge in [0.25, 0.3) is 0 Å². The van der Waals surface area contributed by atoms with Crippen molar-refractivity contribution in [2.75, 3.05) is 107 Å². The summed E-state index contributed by atoms with van der Waals surface area (Å²) in [6, 6.07) is 34.4. The van der Waals surface area contributed by atoms with Crippen LogP contribution in [0.15, 0.2) is 97.1 Å². The summed E-state index contributed by atoms with van der Waals surface area (Å²) in [5.41, 5.74) is 6.75. The lowest BCUT2D eigenvalue weighted by Crippen LogP contribution is -2.11. The van der Waals surface area contributed by atoms with Gasteiger partial charge in [-0.15, -0.1) is 0 Å². The summed E-state index contributed by atoms with van der Waals surface area (Å²) < 4.78 is 43.2. The van der Waals surface area contributed by atoms with Crippen LogP contribution >= 0.6 is 0 Å². The van der Waals surface area contributed by atoms with Gasteiger partial charge in [-0.1, -0.05) is 109 Å². The van der Waals surface area contributed by atoms with Crippen molar-refractivity contribution in [1.29, 1.82) is 0 Å². The van der Waals surface area contributed by atoms with Crippen molar-refractivity contribution in [3.05, 3.63) is 130 Å². The minimum atomic E-state index is 0.581. The second-order valence-electron chi connectivity index (χ2n) is 15.0. The number of ether oxygens (including phenoxy) is 8. The van der Waals surface area contributed by atoms with E-state index in [2.05, 4.69) is 121 Å². The van der Waals surface area contributed by atoms with Crippen molar-refractivity contribution < 1.29 is 37.9 Å². The molecule has 0 spiro atoms. The largest absolute Gasteiger partial charge is 0.382 e. The first-order valence-electron chi connectivity index (χ1n) is 22.4. The van der Waals surface area contributed by atoms with Gasteiger partial charge in [0.1, 0.15) is 0 Å². The topological polar surface area (TPSA) is 73.8 Å². The zero-order valence-electron chi connectivity index (χ0n) is 37.1. The maximum Gasteiger partial charge on any atom is 0.0701 e. The molecule has 8 nitrogen and oxygen atoms in total. The van der Waals surface area contributed by atoms with Gasteiger partial charge in [-0.25, -0.2) is 0 Å². The van der Waals surface area contributed by atoms with Crippen molar-refractivity contribution in [2.45, 2.75) is 51.4 Å². The van der Waals surface area contributed by atoms with Gasteiger partial charge >= 0.3 is 0 Å². The van der Waals surface area contributed by atoms with Gasteiger partial charge in [-0.3, -0.25) is 0 Å². The molecule has 5 rings (SSSR count). The maximum absolute atomic E-state index is 5.72. The number of benzene rings is 5. The van der Waals surface area contributed by atoms with Crippen LogP contribution in [0.3, 0.4) is 0 Å². The second kappa shape index (κ2) is 30.5. The standard InChI is InChI=1S/C54H66O8/c1-55-33-35-59-41-43-61-39-37-57-31-11-3-5-13-45-19-23-47(24-20-45)27-29-53-49-15-7-9-17-51(49)54(52-18-10-8-16-50(52)53)30-28-48-25-21-46(22-26-48)14-6-4-12-32-58-38-40-62-44-42-60-36-34-56-2/h7-10,15-26H,3-6,11-14,31-44H2,1-2H3. The molecule has 0 heterocycles. The molecule has 0 atom stereocenters. The highest BCUT2D eigenvalue weighted by atomic mass is 16.6. The predicted octanol–water partition coefficient (Wildman–Crippen LogP) is 9.61. The van der Waals surface area contributed by atoms with E-state index in [-0.39, 0.29) is 0 Å². The predicted molar refractivity (Wildman–Crippen MR) is 250 cm³/mol. The Hall–Kier alpha value is -4.58. The summed E-state index contributed by atoms with van der Waals surface area (Å²) in [7, 11) is 3.33. The molecule has 5 aromatic rings. The van der Waals surface area contributed by atoms with E-state index in [1.807, 2.05) is 0 Å². The molecule has 8 heteroatoms. The maximum atomic E-state index is 5.72. The van der Waals surface area contributed by atoms with Crippen LogP contribution in [-0.2, 0) is 50.7 Å². The van der Waals surface area contributed by atoms with E-state index < -0.39 is 0 Å². The fourth-order valence-corrected chi connectivity index (χ4v) is 6.96. The molecule has 0 aliphatic heterocycles. The van der Waals surface area contributed by atoms with E-state index in [9.17, 15) is 0 Å². The van der Waals surface area contributed by atoms with Gasteiger partial charge in [0.05, 0.1) is 79.3 Å². The lowest BCUT2D eigenvalue weighted by Gasteiger charge is -2.10. The third-order valence-corrected chi connectivity index (χ3v) is 10.4. The summed E-state index contributed by atoms with van der Waals surface area (Å²) >= 11 is 0. The molecule has 0 bridgehead atoms. The van der Waals surface area contributed by atoms with Crippen LogP contribution < -0.4 is 0 Å². The Balaban J connectivity index is 1.06. The van der Waals surface area contributed by atoms with E-state index in [1.54, 1.807) is 14.2 Å². The molecular formula is C54H66O8. The van der Waals surface area contributed by atoms with Crippen LogP contribution in [0.4, 0.5) is 0 Å². The minimum Gasteiger partial charge on any atom is -0.382 e. The number of rotatable bonds is 30. The van der Waals surface area contributed by atoms with E-state index >= 15 is 0 Å². The Bertz CT molecular complexity index is 1900. The molecule has 0 unspecified atom stereocenters. The van der Waals surface area contributed by atoms with Crippen molar-refractivity contribution in [3.63, 3.8) is 0 Å². The van der Waals surface area contributed by atoms with Crippen molar-refractivity contribution >= 4 is 21.5 Å². The highest BCUT2D eigenvalue weighted by Gasteiger charge is 2.11. The van der Waals surface area contributed by atoms with Gasteiger partial charge in [-0.2, -0.15) is 0 Å². The summed E-state index contributed by atoms with van der Waals surface area (Å²) in [5.74, 6) is 14.1. The highest BCUT2D eigenvalue weighted by molar-refractivity contribution is 6.09. The molecule has 0 aromatic heterocycles. The van der Waals surface area contributed by atoms with E-state index in [0.717, 1.165) is 108 Å². The van der Waals surface area contributed by atoms with Gasteiger partial charge in [0, 0.05) is 49.7 Å². The minimum absolute atomic E-state index is 0.581. The fraction of sp³-hybridized carbons (Fsp3) is 0.444. The fourth-order valence-electron chi connectivity index (χ4n) is 6.96. The van der Waals surface area contributed by atoms with Crippen molar-refractivity contribution in [2.24, 2.45) is 0 Å². The third-order valence-electron chi connectivity index (χ3n) is 10.4. The number of hydrogen-bond donors (Lipinski definition) is 0. The SMILES string of the molecule is COCCOCCOCCOCCCCCc1ccc(C#Cc2c3ccccc3c(C#Cc3ccc(CCCCCOCCOCCOCCOC)cc3)c3ccccc23)cc1. The summed E-state index contributed by atoms with van der Waals surface area (Å²) in [6.07, 6.45) is 8.71. The summed E-state index contributed by atoms with van der Waals surface area (Å²) in [5, 5.41) is 4.47. The normalized spacial score (nSPS) is 11.1. The Kier molecular flexibility index (Phi) is 23.8. The molecule has 0 saturated carbocycles. The lowest BCUT2D eigenvalue weighted by molar-refractivity contribution is 0.00324. The molecule has 0 radical (unpaired) electrons. The Morgan fingerprint density at radius 3 is 0.935 bits per heavy atom. The van der Waals surface area contributed by atoms with Gasteiger partial charge in [-0.05, 0) is 95.5 Å². The zero-order chi connectivity index (χ0) is 43.1. The molecule has 0 N–H and O–H groups in total. The van der Waals surface area contributed by atoms with Gasteiger partial charge in [0.15, 0.2) is 0 Å². The van der Waals surface area contributed by atoms with E-state index in [0.29, 0.717) is 79.3 Å². The number of aryl methyl sites for hydroxylation is 2. The molecule has 0 fully saturated rings. The van der Waals surface area contributed by atoms with Crippen LogP contribution in [0.5, 0.6) is 0 Å². The first-order chi connectivity index (χ1) is 30.8. The molecule has 0 aliphatic carbocycles. The lowest BCUT2D eigenvalue weighted by atomic mass is 9.91. The molecule has 5 aromatic carbocycles. The molecule has 62 heavy (non-hydrogen) atoms. The molecule has 0 saturated heterocycles. The number of fused-ring (bicyclic) bond motifs is 2.